The summed E-state index contributed by atoms with van der Waals surface area (Å²) in [7, 11) is 0. The zero-order valence-electron chi connectivity index (χ0n) is 13.4. The van der Waals surface area contributed by atoms with Crippen LogP contribution in [0.25, 0.3) is 10.8 Å². The number of ether oxygens (including phenoxy) is 2. The fourth-order valence-electron chi connectivity index (χ4n) is 3.00. The molecule has 1 aliphatic rings. The molecule has 2 heterocycles. The molecule has 120 valence electrons. The number of rotatable bonds is 4. The Kier molecular flexibility index (Phi) is 4.43. The van der Waals surface area contributed by atoms with Crippen LogP contribution in [0.5, 0.6) is 5.75 Å². The van der Waals surface area contributed by atoms with Gasteiger partial charge >= 0.3 is 0 Å². The topological polar surface area (TPSA) is 31.4 Å². The summed E-state index contributed by atoms with van der Waals surface area (Å²) in [4.78, 5) is 4.28. The molecule has 2 aromatic carbocycles. The van der Waals surface area contributed by atoms with Crippen molar-refractivity contribution in [3.05, 3.63) is 78.7 Å². The van der Waals surface area contributed by atoms with Crippen molar-refractivity contribution < 1.29 is 9.47 Å². The summed E-state index contributed by atoms with van der Waals surface area (Å²) < 4.78 is 11.2. The van der Waals surface area contributed by atoms with E-state index in [1.54, 1.807) is 6.20 Å². The predicted molar refractivity (Wildman–Crippen MR) is 93.7 cm³/mol. The van der Waals surface area contributed by atoms with Crippen LogP contribution in [0.4, 0.5) is 0 Å². The van der Waals surface area contributed by atoms with Gasteiger partial charge in [0.25, 0.3) is 0 Å². The molecule has 3 nitrogen and oxygen atoms in total. The van der Waals surface area contributed by atoms with Crippen LogP contribution in [0.3, 0.4) is 0 Å². The number of fused-ring (bicyclic) bond motifs is 1. The highest BCUT2D eigenvalue weighted by molar-refractivity contribution is 5.84. The lowest BCUT2D eigenvalue weighted by atomic mass is 9.92. The Balaban J connectivity index is 1.51. The third-order valence-electron chi connectivity index (χ3n) is 4.32. The maximum Gasteiger partial charge on any atom is 0.140 e. The second-order valence-corrected chi connectivity index (χ2v) is 6.04. The van der Waals surface area contributed by atoms with Gasteiger partial charge in [0.2, 0.25) is 0 Å². The van der Waals surface area contributed by atoms with E-state index in [0.717, 1.165) is 30.9 Å². The summed E-state index contributed by atoms with van der Waals surface area (Å²) in [5.74, 6) is 1.14. The molecule has 1 aromatic heterocycles. The van der Waals surface area contributed by atoms with Crippen LogP contribution < -0.4 is 4.74 Å². The summed E-state index contributed by atoms with van der Waals surface area (Å²) in [5.41, 5.74) is 2.20. The molecule has 0 saturated carbocycles. The third kappa shape index (κ3) is 3.41. The van der Waals surface area contributed by atoms with Gasteiger partial charge in [-0.2, -0.15) is 0 Å². The Morgan fingerprint density at radius 1 is 1.08 bits per heavy atom. The van der Waals surface area contributed by atoms with Crippen molar-refractivity contribution in [2.24, 2.45) is 0 Å². The molecular formula is C21H19NO2. The highest BCUT2D eigenvalue weighted by Gasteiger charge is 2.17. The Morgan fingerprint density at radius 3 is 2.83 bits per heavy atom. The smallest absolute Gasteiger partial charge is 0.140 e. The number of nitrogens with zero attached hydrogens (tertiary/aromatic N) is 1. The first-order valence-electron chi connectivity index (χ1n) is 8.32. The molecule has 24 heavy (non-hydrogen) atoms. The SMILES string of the molecule is [C]1OCCCC1c1ccc2cc(OCc3ccccn3)ccc2c1. The van der Waals surface area contributed by atoms with E-state index in [9.17, 15) is 0 Å². The molecule has 0 aliphatic carbocycles. The van der Waals surface area contributed by atoms with Crippen LogP contribution in [0, 0.1) is 6.61 Å². The monoisotopic (exact) mass is 317 g/mol. The van der Waals surface area contributed by atoms with E-state index in [0.29, 0.717) is 6.61 Å². The number of benzene rings is 2. The average Bonchev–Trinajstić information content (AvgIpc) is 2.67. The van der Waals surface area contributed by atoms with E-state index < -0.39 is 0 Å². The summed E-state index contributed by atoms with van der Waals surface area (Å²) in [6, 6.07) is 18.6. The van der Waals surface area contributed by atoms with Gasteiger partial charge in [-0.3, -0.25) is 4.98 Å². The van der Waals surface area contributed by atoms with E-state index in [-0.39, 0.29) is 5.92 Å². The minimum Gasteiger partial charge on any atom is -0.487 e. The van der Waals surface area contributed by atoms with Gasteiger partial charge in [-0.25, -0.2) is 0 Å². The van der Waals surface area contributed by atoms with E-state index in [1.165, 1.54) is 16.3 Å². The zero-order valence-corrected chi connectivity index (χ0v) is 13.4. The fraction of sp³-hybridized carbons (Fsp3) is 0.238. The first-order valence-corrected chi connectivity index (χ1v) is 8.32. The molecule has 0 spiro atoms. The predicted octanol–water partition coefficient (Wildman–Crippen LogP) is 4.75. The molecule has 2 radical (unpaired) electrons. The van der Waals surface area contributed by atoms with Crippen molar-refractivity contribution in [3.63, 3.8) is 0 Å². The van der Waals surface area contributed by atoms with E-state index >= 15 is 0 Å². The van der Waals surface area contributed by atoms with Crippen molar-refractivity contribution >= 4 is 10.8 Å². The van der Waals surface area contributed by atoms with Crippen LogP contribution in [0.15, 0.2) is 60.8 Å². The van der Waals surface area contributed by atoms with Crippen molar-refractivity contribution in [1.29, 1.82) is 0 Å². The molecular weight excluding hydrogens is 298 g/mol. The lowest BCUT2D eigenvalue weighted by Gasteiger charge is -2.21. The van der Waals surface area contributed by atoms with Crippen LogP contribution in [0.2, 0.25) is 0 Å². The maximum atomic E-state index is 5.85. The molecule has 1 unspecified atom stereocenters. The zero-order chi connectivity index (χ0) is 16.2. The largest absolute Gasteiger partial charge is 0.487 e. The lowest BCUT2D eigenvalue weighted by molar-refractivity contribution is 0.140. The van der Waals surface area contributed by atoms with Crippen LogP contribution in [0.1, 0.15) is 30.0 Å². The van der Waals surface area contributed by atoms with Crippen molar-refractivity contribution in [2.75, 3.05) is 6.61 Å². The molecule has 0 amide bonds. The molecule has 1 saturated heterocycles. The van der Waals surface area contributed by atoms with Crippen molar-refractivity contribution in [3.8, 4) is 5.75 Å². The standard InChI is InChI=1S/C21H19NO2/c1-2-10-22-20(5-1)15-24-21-9-8-16-12-17(6-7-18(16)13-21)19-4-3-11-23-14-19/h1-2,5-10,12-13,19H,3-4,11,15H2. The number of pyridine rings is 1. The van der Waals surface area contributed by atoms with E-state index in [4.69, 9.17) is 9.47 Å². The van der Waals surface area contributed by atoms with Crippen LogP contribution >= 0.6 is 0 Å². The molecule has 1 atom stereocenters. The van der Waals surface area contributed by atoms with Gasteiger partial charge in [0, 0.05) is 18.7 Å². The van der Waals surface area contributed by atoms with Gasteiger partial charge in [0.15, 0.2) is 0 Å². The maximum absolute atomic E-state index is 5.85. The Labute approximate surface area is 142 Å². The number of hydrogen-bond acceptors (Lipinski definition) is 3. The Hall–Kier alpha value is -2.39. The number of aromatic nitrogens is 1. The highest BCUT2D eigenvalue weighted by Crippen LogP contribution is 2.31. The number of hydrogen-bond donors (Lipinski definition) is 0. The van der Waals surface area contributed by atoms with Gasteiger partial charge in [-0.1, -0.05) is 30.3 Å². The average molecular weight is 317 g/mol. The van der Waals surface area contributed by atoms with Gasteiger partial charge in [0.05, 0.1) is 5.69 Å². The van der Waals surface area contributed by atoms with Crippen molar-refractivity contribution in [1.82, 2.24) is 4.98 Å². The first-order chi connectivity index (χ1) is 11.9. The van der Waals surface area contributed by atoms with Gasteiger partial charge in [0.1, 0.15) is 19.0 Å². The molecule has 3 aromatic rings. The quantitative estimate of drug-likeness (QED) is 0.696. The van der Waals surface area contributed by atoms with Crippen molar-refractivity contribution in [2.45, 2.75) is 25.4 Å². The van der Waals surface area contributed by atoms with Gasteiger partial charge in [-0.05, 0) is 53.4 Å². The first kappa shape index (κ1) is 15.2. The Bertz CT molecular complexity index is 810. The van der Waals surface area contributed by atoms with E-state index in [1.807, 2.05) is 24.3 Å². The summed E-state index contributed by atoms with van der Waals surface area (Å²) in [6.07, 6.45) is 3.98. The normalized spacial score (nSPS) is 17.8. The second-order valence-electron chi connectivity index (χ2n) is 6.04. The molecule has 0 N–H and O–H groups in total. The molecule has 0 bridgehead atoms. The molecule has 1 aliphatic heterocycles. The third-order valence-corrected chi connectivity index (χ3v) is 4.32. The van der Waals surface area contributed by atoms with Gasteiger partial charge in [-0.15, -0.1) is 0 Å². The fourth-order valence-corrected chi connectivity index (χ4v) is 3.00. The molecule has 3 heteroatoms. The Morgan fingerprint density at radius 2 is 2.00 bits per heavy atom. The highest BCUT2D eigenvalue weighted by atomic mass is 16.5. The summed E-state index contributed by atoms with van der Waals surface area (Å²) in [6.45, 7) is 4.39. The van der Waals surface area contributed by atoms with E-state index in [2.05, 4.69) is 41.9 Å². The minimum absolute atomic E-state index is 0.281. The molecule has 1 fully saturated rings. The summed E-state index contributed by atoms with van der Waals surface area (Å²) in [5, 5.41) is 2.39. The molecule has 4 rings (SSSR count). The van der Waals surface area contributed by atoms with Crippen LogP contribution in [-0.2, 0) is 11.3 Å². The van der Waals surface area contributed by atoms with Crippen LogP contribution in [-0.4, -0.2) is 11.6 Å². The van der Waals surface area contributed by atoms with Gasteiger partial charge < -0.3 is 9.47 Å². The lowest BCUT2D eigenvalue weighted by Crippen LogP contribution is -2.10. The second kappa shape index (κ2) is 7.02. The summed E-state index contributed by atoms with van der Waals surface area (Å²) >= 11 is 0. The minimum atomic E-state index is 0.281.